The molecule has 0 aliphatic heterocycles. The highest BCUT2D eigenvalue weighted by molar-refractivity contribution is 5.90. The minimum absolute atomic E-state index is 0.418. The van der Waals surface area contributed by atoms with Crippen LogP contribution in [-0.2, 0) is 10.4 Å². The van der Waals surface area contributed by atoms with Gasteiger partial charge in [0.15, 0.2) is 5.60 Å². The zero-order valence-corrected chi connectivity index (χ0v) is 13.2. The Labute approximate surface area is 139 Å². The van der Waals surface area contributed by atoms with Crippen molar-refractivity contribution in [2.75, 3.05) is 0 Å². The summed E-state index contributed by atoms with van der Waals surface area (Å²) in [5, 5.41) is 20.6. The molecule has 6 heteroatoms. The third-order valence-electron chi connectivity index (χ3n) is 3.90. The highest BCUT2D eigenvalue weighted by Crippen LogP contribution is 2.30. The standard InChI is InChI=1S/C18H18N4O2/c1-13(16-19-12-20-22-16)21-17(23)18(24,14-8-4-2-5-9-14)15-10-6-3-7-11-15/h2-13,24H,1H3,(H,21,23)(H,19,20,22). The Morgan fingerprint density at radius 2 is 1.62 bits per heavy atom. The van der Waals surface area contributed by atoms with E-state index in [0.717, 1.165) is 0 Å². The summed E-state index contributed by atoms with van der Waals surface area (Å²) in [6, 6.07) is 17.3. The molecule has 3 rings (SSSR count). The average molecular weight is 322 g/mol. The molecule has 1 atom stereocenters. The second-order valence-electron chi connectivity index (χ2n) is 5.51. The molecule has 1 heterocycles. The first kappa shape index (κ1) is 15.9. The number of aromatic nitrogens is 3. The molecule has 6 nitrogen and oxygen atoms in total. The van der Waals surface area contributed by atoms with E-state index < -0.39 is 17.6 Å². The lowest BCUT2D eigenvalue weighted by molar-refractivity contribution is -0.137. The number of hydrogen-bond acceptors (Lipinski definition) is 4. The number of H-pyrrole nitrogens is 1. The second-order valence-corrected chi connectivity index (χ2v) is 5.51. The fourth-order valence-corrected chi connectivity index (χ4v) is 2.58. The predicted octanol–water partition coefficient (Wildman–Crippen LogP) is 1.92. The third kappa shape index (κ3) is 2.91. The van der Waals surface area contributed by atoms with Gasteiger partial charge >= 0.3 is 0 Å². The summed E-state index contributed by atoms with van der Waals surface area (Å²) < 4.78 is 0. The molecule has 0 radical (unpaired) electrons. The second kappa shape index (κ2) is 6.64. The summed E-state index contributed by atoms with van der Waals surface area (Å²) >= 11 is 0. The van der Waals surface area contributed by atoms with Crippen molar-refractivity contribution in [3.8, 4) is 0 Å². The van der Waals surface area contributed by atoms with Crippen LogP contribution in [0.5, 0.6) is 0 Å². The highest BCUT2D eigenvalue weighted by Gasteiger charge is 2.40. The highest BCUT2D eigenvalue weighted by atomic mass is 16.3. The van der Waals surface area contributed by atoms with Gasteiger partial charge in [-0.2, -0.15) is 5.10 Å². The Kier molecular flexibility index (Phi) is 4.39. The van der Waals surface area contributed by atoms with E-state index in [1.807, 2.05) is 12.1 Å². The van der Waals surface area contributed by atoms with Gasteiger partial charge < -0.3 is 10.4 Å². The Morgan fingerprint density at radius 3 is 2.08 bits per heavy atom. The maximum atomic E-state index is 12.9. The summed E-state index contributed by atoms with van der Waals surface area (Å²) in [5.41, 5.74) is -0.798. The van der Waals surface area contributed by atoms with Gasteiger partial charge in [0.25, 0.3) is 5.91 Å². The molecule has 0 aliphatic carbocycles. The Morgan fingerprint density at radius 1 is 1.08 bits per heavy atom. The zero-order valence-electron chi connectivity index (χ0n) is 13.2. The van der Waals surface area contributed by atoms with E-state index in [0.29, 0.717) is 17.0 Å². The number of nitrogens with one attached hydrogen (secondary N) is 2. The lowest BCUT2D eigenvalue weighted by Crippen LogP contribution is -2.46. The maximum absolute atomic E-state index is 12.9. The van der Waals surface area contributed by atoms with E-state index in [4.69, 9.17) is 0 Å². The molecule has 0 fully saturated rings. The van der Waals surface area contributed by atoms with Gasteiger partial charge in [-0.15, -0.1) is 0 Å². The molecule has 3 N–H and O–H groups in total. The molecular formula is C18H18N4O2. The van der Waals surface area contributed by atoms with Crippen LogP contribution in [-0.4, -0.2) is 26.2 Å². The summed E-state index contributed by atoms with van der Waals surface area (Å²) in [5.74, 6) is -0.00405. The predicted molar refractivity (Wildman–Crippen MR) is 88.8 cm³/mol. The number of aliphatic hydroxyl groups is 1. The lowest BCUT2D eigenvalue weighted by atomic mass is 9.85. The van der Waals surface area contributed by atoms with Crippen molar-refractivity contribution in [2.24, 2.45) is 0 Å². The molecule has 122 valence electrons. The van der Waals surface area contributed by atoms with Gasteiger partial charge in [-0.05, 0) is 18.1 Å². The van der Waals surface area contributed by atoms with E-state index in [1.165, 1.54) is 6.33 Å². The summed E-state index contributed by atoms with van der Waals surface area (Å²) in [6.07, 6.45) is 1.37. The van der Waals surface area contributed by atoms with Crippen molar-refractivity contribution in [1.29, 1.82) is 0 Å². The number of benzene rings is 2. The molecule has 2 aromatic carbocycles. The first-order chi connectivity index (χ1) is 11.6. The van der Waals surface area contributed by atoms with E-state index in [9.17, 15) is 9.90 Å². The summed E-state index contributed by atoms with van der Waals surface area (Å²) in [4.78, 5) is 17.0. The van der Waals surface area contributed by atoms with Gasteiger partial charge in [0, 0.05) is 0 Å². The quantitative estimate of drug-likeness (QED) is 0.669. The number of amides is 1. The number of nitrogens with zero attached hydrogens (tertiary/aromatic N) is 2. The fraction of sp³-hybridized carbons (Fsp3) is 0.167. The number of rotatable bonds is 5. The van der Waals surface area contributed by atoms with E-state index in [1.54, 1.807) is 55.5 Å². The smallest absolute Gasteiger partial charge is 0.261 e. The van der Waals surface area contributed by atoms with Crippen LogP contribution >= 0.6 is 0 Å². The topological polar surface area (TPSA) is 90.9 Å². The van der Waals surface area contributed by atoms with Crippen molar-refractivity contribution in [3.63, 3.8) is 0 Å². The van der Waals surface area contributed by atoms with Crippen molar-refractivity contribution in [1.82, 2.24) is 20.5 Å². The van der Waals surface area contributed by atoms with Crippen LogP contribution in [0.25, 0.3) is 0 Å². The van der Waals surface area contributed by atoms with Gasteiger partial charge in [-0.25, -0.2) is 4.98 Å². The molecule has 0 spiro atoms. The molecule has 0 saturated carbocycles. The van der Waals surface area contributed by atoms with Gasteiger partial charge in [0.05, 0.1) is 6.04 Å². The molecule has 3 aromatic rings. The van der Waals surface area contributed by atoms with Crippen LogP contribution in [0.15, 0.2) is 67.0 Å². The van der Waals surface area contributed by atoms with E-state index in [2.05, 4.69) is 20.5 Å². The van der Waals surface area contributed by atoms with Crippen LogP contribution in [0, 0.1) is 0 Å². The summed E-state index contributed by atoms with van der Waals surface area (Å²) in [7, 11) is 0. The molecule has 24 heavy (non-hydrogen) atoms. The largest absolute Gasteiger partial charge is 0.372 e. The van der Waals surface area contributed by atoms with Crippen molar-refractivity contribution >= 4 is 5.91 Å². The van der Waals surface area contributed by atoms with Crippen molar-refractivity contribution in [2.45, 2.75) is 18.6 Å². The number of carbonyl (C=O) groups is 1. The number of aromatic amines is 1. The van der Waals surface area contributed by atoms with E-state index in [-0.39, 0.29) is 0 Å². The maximum Gasteiger partial charge on any atom is 0.261 e. The molecular weight excluding hydrogens is 304 g/mol. The molecule has 1 unspecified atom stereocenters. The first-order valence-corrected chi connectivity index (χ1v) is 7.62. The van der Waals surface area contributed by atoms with Crippen LogP contribution in [0.1, 0.15) is 29.9 Å². The van der Waals surface area contributed by atoms with Crippen LogP contribution in [0.2, 0.25) is 0 Å². The van der Waals surface area contributed by atoms with Crippen LogP contribution in [0.3, 0.4) is 0 Å². The first-order valence-electron chi connectivity index (χ1n) is 7.62. The van der Waals surface area contributed by atoms with Crippen LogP contribution in [0.4, 0.5) is 0 Å². The molecule has 1 aromatic heterocycles. The monoisotopic (exact) mass is 322 g/mol. The minimum atomic E-state index is -1.79. The number of carbonyl (C=O) groups excluding carboxylic acids is 1. The average Bonchev–Trinajstić information content (AvgIpc) is 3.17. The van der Waals surface area contributed by atoms with Gasteiger partial charge in [-0.1, -0.05) is 60.7 Å². The third-order valence-corrected chi connectivity index (χ3v) is 3.90. The summed E-state index contributed by atoms with van der Waals surface area (Å²) in [6.45, 7) is 1.77. The van der Waals surface area contributed by atoms with Crippen LogP contribution < -0.4 is 5.32 Å². The Hall–Kier alpha value is -2.99. The SMILES string of the molecule is CC(NC(=O)C(O)(c1ccccc1)c1ccccc1)c1ncn[nH]1. The molecule has 0 aliphatic rings. The van der Waals surface area contributed by atoms with Gasteiger partial charge in [0.1, 0.15) is 12.2 Å². The minimum Gasteiger partial charge on any atom is -0.372 e. The zero-order chi connectivity index (χ0) is 17.0. The van der Waals surface area contributed by atoms with Crippen molar-refractivity contribution < 1.29 is 9.90 Å². The van der Waals surface area contributed by atoms with Gasteiger partial charge in [0.2, 0.25) is 0 Å². The van der Waals surface area contributed by atoms with Crippen molar-refractivity contribution in [3.05, 3.63) is 83.9 Å². The lowest BCUT2D eigenvalue weighted by Gasteiger charge is -2.29. The Balaban J connectivity index is 1.97. The van der Waals surface area contributed by atoms with E-state index >= 15 is 0 Å². The fourth-order valence-electron chi connectivity index (χ4n) is 2.58. The van der Waals surface area contributed by atoms with Gasteiger partial charge in [-0.3, -0.25) is 9.89 Å². The molecule has 1 amide bonds. The molecule has 0 saturated heterocycles. The number of hydrogen-bond donors (Lipinski definition) is 3. The Bertz CT molecular complexity index is 749. The molecule has 0 bridgehead atoms. The normalized spacial score (nSPS) is 12.6.